The van der Waals surface area contributed by atoms with Crippen LogP contribution >= 0.6 is 0 Å². The molecule has 2 fully saturated rings. The van der Waals surface area contributed by atoms with E-state index in [1.807, 2.05) is 31.2 Å². The van der Waals surface area contributed by atoms with Crippen LogP contribution < -0.4 is 19.7 Å². The maximum absolute atomic E-state index is 6.48. The van der Waals surface area contributed by atoms with Crippen molar-refractivity contribution < 1.29 is 14.2 Å². The molecule has 0 amide bonds. The number of rotatable bonds is 10. The van der Waals surface area contributed by atoms with Crippen LogP contribution in [0.4, 0.5) is 22.9 Å². The summed E-state index contributed by atoms with van der Waals surface area (Å²) in [6, 6.07) is 9.90. The molecule has 2 aliphatic rings. The van der Waals surface area contributed by atoms with Gasteiger partial charge in [0.15, 0.2) is 0 Å². The maximum Gasteiger partial charge on any atom is 0.215 e. The number of hydrogen-bond acceptors (Lipinski definition) is 8. The van der Waals surface area contributed by atoms with E-state index in [1.165, 1.54) is 0 Å². The number of benzene rings is 1. The molecule has 182 valence electrons. The Labute approximate surface area is 202 Å². The summed E-state index contributed by atoms with van der Waals surface area (Å²) >= 11 is 0. The van der Waals surface area contributed by atoms with Crippen molar-refractivity contribution in [2.45, 2.75) is 38.7 Å². The van der Waals surface area contributed by atoms with Crippen LogP contribution in [0.25, 0.3) is 0 Å². The second-order valence-corrected chi connectivity index (χ2v) is 8.66. The number of nitrogens with zero attached hydrogens (tertiary/aromatic N) is 4. The Balaban J connectivity index is 1.35. The molecule has 1 aliphatic heterocycles. The van der Waals surface area contributed by atoms with Crippen LogP contribution in [0.15, 0.2) is 40.3 Å². The summed E-state index contributed by atoms with van der Waals surface area (Å²) in [7, 11) is 0. The molecule has 1 saturated carbocycles. The largest absolute Gasteiger partial charge is 0.488 e. The molecule has 1 saturated heterocycles. The van der Waals surface area contributed by atoms with E-state index in [1.54, 1.807) is 0 Å². The first kappa shape index (κ1) is 24.0. The SMILES string of the molecule is C=Nc1cc(N2CCOCC2)cc(OC2CCC(CNc3cccc(OCC)n3)CC2)c1N=C. The first-order valence-electron chi connectivity index (χ1n) is 12.1. The molecule has 1 aromatic heterocycles. The highest BCUT2D eigenvalue weighted by Crippen LogP contribution is 2.43. The Morgan fingerprint density at radius 3 is 2.62 bits per heavy atom. The highest BCUT2D eigenvalue weighted by Gasteiger charge is 2.25. The number of hydrogen-bond donors (Lipinski definition) is 1. The molecule has 1 N–H and O–H groups in total. The van der Waals surface area contributed by atoms with E-state index in [2.05, 4.69) is 44.7 Å². The lowest BCUT2D eigenvalue weighted by Gasteiger charge is -2.31. The zero-order valence-corrected chi connectivity index (χ0v) is 20.0. The monoisotopic (exact) mass is 465 g/mol. The minimum atomic E-state index is 0.147. The lowest BCUT2D eigenvalue weighted by atomic mass is 9.87. The quantitative estimate of drug-likeness (QED) is 0.496. The highest BCUT2D eigenvalue weighted by atomic mass is 16.5. The van der Waals surface area contributed by atoms with Crippen LogP contribution in [0.2, 0.25) is 0 Å². The number of morpholine rings is 1. The number of aliphatic imine (C=N–C) groups is 2. The normalized spacial score (nSPS) is 20.4. The minimum absolute atomic E-state index is 0.147. The number of aromatic nitrogens is 1. The molecule has 2 heterocycles. The lowest BCUT2D eigenvalue weighted by molar-refractivity contribution is 0.122. The summed E-state index contributed by atoms with van der Waals surface area (Å²) in [6.45, 7) is 14.1. The van der Waals surface area contributed by atoms with Gasteiger partial charge in [-0.1, -0.05) is 6.07 Å². The maximum atomic E-state index is 6.48. The highest BCUT2D eigenvalue weighted by molar-refractivity contribution is 5.78. The van der Waals surface area contributed by atoms with Crippen LogP contribution in [-0.4, -0.2) is 64.0 Å². The van der Waals surface area contributed by atoms with E-state index in [9.17, 15) is 0 Å². The summed E-state index contributed by atoms with van der Waals surface area (Å²) in [5.41, 5.74) is 2.43. The van der Waals surface area contributed by atoms with Gasteiger partial charge in [-0.2, -0.15) is 4.98 Å². The Morgan fingerprint density at radius 1 is 1.12 bits per heavy atom. The van der Waals surface area contributed by atoms with Crippen molar-refractivity contribution in [2.75, 3.05) is 49.7 Å². The summed E-state index contributed by atoms with van der Waals surface area (Å²) in [5.74, 6) is 2.83. The third-order valence-electron chi connectivity index (χ3n) is 6.42. The van der Waals surface area contributed by atoms with Gasteiger partial charge in [0.05, 0.1) is 31.6 Å². The Hall–Kier alpha value is -3.13. The Kier molecular flexibility index (Phi) is 8.36. The average molecular weight is 466 g/mol. The van der Waals surface area contributed by atoms with Crippen molar-refractivity contribution in [3.05, 3.63) is 30.3 Å². The first-order chi connectivity index (χ1) is 16.7. The molecular formula is C26H35N5O3. The zero-order chi connectivity index (χ0) is 23.8. The van der Waals surface area contributed by atoms with Crippen LogP contribution in [0.5, 0.6) is 11.6 Å². The van der Waals surface area contributed by atoms with Crippen molar-refractivity contribution in [3.63, 3.8) is 0 Å². The van der Waals surface area contributed by atoms with Crippen LogP contribution in [0.1, 0.15) is 32.6 Å². The molecule has 0 bridgehead atoms. The number of pyridine rings is 1. The van der Waals surface area contributed by atoms with Gasteiger partial charge in [0.25, 0.3) is 0 Å². The van der Waals surface area contributed by atoms with E-state index in [4.69, 9.17) is 14.2 Å². The van der Waals surface area contributed by atoms with Crippen molar-refractivity contribution in [3.8, 4) is 11.6 Å². The average Bonchev–Trinajstić information content (AvgIpc) is 2.89. The zero-order valence-electron chi connectivity index (χ0n) is 20.0. The molecule has 34 heavy (non-hydrogen) atoms. The lowest BCUT2D eigenvalue weighted by Crippen LogP contribution is -2.36. The number of ether oxygens (including phenoxy) is 3. The molecule has 8 heteroatoms. The molecule has 0 atom stereocenters. The van der Waals surface area contributed by atoms with Crippen molar-refractivity contribution in [1.82, 2.24) is 4.98 Å². The molecule has 1 aliphatic carbocycles. The molecule has 2 aromatic rings. The van der Waals surface area contributed by atoms with Crippen LogP contribution in [0, 0.1) is 5.92 Å². The van der Waals surface area contributed by atoms with Crippen molar-refractivity contribution >= 4 is 36.3 Å². The van der Waals surface area contributed by atoms with Crippen molar-refractivity contribution in [1.29, 1.82) is 0 Å². The fourth-order valence-corrected chi connectivity index (χ4v) is 4.58. The Bertz CT molecular complexity index is 969. The van der Waals surface area contributed by atoms with Crippen molar-refractivity contribution in [2.24, 2.45) is 15.9 Å². The van der Waals surface area contributed by atoms with Gasteiger partial charge in [0.1, 0.15) is 17.3 Å². The number of anilines is 2. The molecule has 0 radical (unpaired) electrons. The standard InChI is InChI=1S/C26H35N5O3/c1-4-33-25-7-5-6-24(30-25)29-18-19-8-10-21(11-9-19)34-23-17-20(31-12-14-32-15-13-31)16-22(27-2)26(23)28-3/h5-7,16-17,19,21H,2-4,8-15,18H2,1H3,(H,29,30). The second-order valence-electron chi connectivity index (χ2n) is 8.66. The summed E-state index contributed by atoms with van der Waals surface area (Å²) < 4.78 is 17.5. The topological polar surface area (TPSA) is 80.6 Å². The molecule has 1 aromatic carbocycles. The summed E-state index contributed by atoms with van der Waals surface area (Å²) in [4.78, 5) is 15.2. The second kappa shape index (κ2) is 11.8. The van der Waals surface area contributed by atoms with Gasteiger partial charge in [0.2, 0.25) is 5.88 Å². The molecule has 8 nitrogen and oxygen atoms in total. The van der Waals surface area contributed by atoms with Gasteiger partial charge in [0, 0.05) is 37.5 Å². The fourth-order valence-electron chi connectivity index (χ4n) is 4.58. The molecule has 0 spiro atoms. The van der Waals surface area contributed by atoms with Crippen LogP contribution in [0.3, 0.4) is 0 Å². The smallest absolute Gasteiger partial charge is 0.215 e. The van der Waals surface area contributed by atoms with Gasteiger partial charge < -0.3 is 24.4 Å². The molecular weight excluding hydrogens is 430 g/mol. The third-order valence-corrected chi connectivity index (χ3v) is 6.42. The van der Waals surface area contributed by atoms with Gasteiger partial charge in [-0.05, 0) is 64.1 Å². The van der Waals surface area contributed by atoms with Gasteiger partial charge in [-0.25, -0.2) is 0 Å². The Morgan fingerprint density at radius 2 is 1.91 bits per heavy atom. The fraction of sp³-hybridized carbons (Fsp3) is 0.500. The first-order valence-corrected chi connectivity index (χ1v) is 12.1. The van der Waals surface area contributed by atoms with Gasteiger partial charge >= 0.3 is 0 Å². The predicted octanol–water partition coefficient (Wildman–Crippen LogP) is 5.03. The van der Waals surface area contributed by atoms with E-state index in [0.29, 0.717) is 29.8 Å². The summed E-state index contributed by atoms with van der Waals surface area (Å²) in [5, 5.41) is 3.46. The van der Waals surface area contributed by atoms with E-state index in [0.717, 1.165) is 75.8 Å². The van der Waals surface area contributed by atoms with E-state index in [-0.39, 0.29) is 6.10 Å². The van der Waals surface area contributed by atoms with E-state index >= 15 is 0 Å². The molecule has 4 rings (SSSR count). The summed E-state index contributed by atoms with van der Waals surface area (Å²) in [6.07, 6.45) is 4.32. The predicted molar refractivity (Wildman–Crippen MR) is 138 cm³/mol. The minimum Gasteiger partial charge on any atom is -0.488 e. The van der Waals surface area contributed by atoms with Gasteiger partial charge in [-0.3, -0.25) is 9.98 Å². The third kappa shape index (κ3) is 6.05. The molecule has 0 unspecified atom stereocenters. The number of nitrogens with one attached hydrogen (secondary N) is 1. The van der Waals surface area contributed by atoms with Crippen LogP contribution in [-0.2, 0) is 4.74 Å². The van der Waals surface area contributed by atoms with E-state index < -0.39 is 0 Å². The van der Waals surface area contributed by atoms with Gasteiger partial charge in [-0.15, -0.1) is 0 Å².